The number of nitro groups is 1. The minimum atomic E-state index is -0.749. The molecule has 0 saturated carbocycles. The van der Waals surface area contributed by atoms with Crippen molar-refractivity contribution in [3.63, 3.8) is 0 Å². The lowest BCUT2D eigenvalue weighted by molar-refractivity contribution is -0.385. The lowest BCUT2D eigenvalue weighted by Crippen LogP contribution is -2.03. The quantitative estimate of drug-likeness (QED) is 0.512. The van der Waals surface area contributed by atoms with E-state index in [0.717, 1.165) is 6.07 Å². The van der Waals surface area contributed by atoms with E-state index in [0.29, 0.717) is 5.56 Å². The predicted molar refractivity (Wildman–Crippen MR) is 69.9 cm³/mol. The van der Waals surface area contributed by atoms with Gasteiger partial charge in [-0.1, -0.05) is 11.6 Å². The first-order valence-electron chi connectivity index (χ1n) is 5.17. The number of hydrogen-bond acceptors (Lipinski definition) is 5. The molecule has 0 aliphatic rings. The van der Waals surface area contributed by atoms with Crippen molar-refractivity contribution in [1.82, 2.24) is 4.98 Å². The van der Waals surface area contributed by atoms with Crippen LogP contribution in [0.5, 0.6) is 5.75 Å². The maximum absolute atomic E-state index is 10.8. The molecule has 0 fully saturated rings. The van der Waals surface area contributed by atoms with E-state index >= 15 is 0 Å². The first kappa shape index (κ1) is 13.0. The molecule has 1 aromatic carbocycles. The molecule has 1 heterocycles. The first-order valence-corrected chi connectivity index (χ1v) is 5.54. The van der Waals surface area contributed by atoms with Crippen molar-refractivity contribution in [3.05, 3.63) is 62.9 Å². The molecule has 0 bridgehead atoms. The highest BCUT2D eigenvalue weighted by Gasteiger charge is 2.21. The summed E-state index contributed by atoms with van der Waals surface area (Å²) in [6, 6.07) is 5.58. The van der Waals surface area contributed by atoms with Gasteiger partial charge in [-0.3, -0.25) is 20.5 Å². The summed E-state index contributed by atoms with van der Waals surface area (Å²) >= 11 is 5.77. The summed E-state index contributed by atoms with van der Waals surface area (Å²) < 4.78 is 0. The van der Waals surface area contributed by atoms with Crippen LogP contribution in [0.2, 0.25) is 5.02 Å². The summed E-state index contributed by atoms with van der Waals surface area (Å²) in [5.74, 6) is -0.580. The Labute approximate surface area is 113 Å². The number of nitro benzene ring substituents is 1. The van der Waals surface area contributed by atoms with E-state index in [4.69, 9.17) is 17.0 Å². The highest BCUT2D eigenvalue weighted by molar-refractivity contribution is 6.31. The number of phenols is 1. The fourth-order valence-corrected chi connectivity index (χ4v) is 1.79. The van der Waals surface area contributed by atoms with Crippen LogP contribution in [-0.2, 0) is 0 Å². The van der Waals surface area contributed by atoms with Crippen molar-refractivity contribution in [2.24, 2.45) is 0 Å². The fourth-order valence-electron chi connectivity index (χ4n) is 1.58. The molecule has 0 saturated heterocycles. The summed E-state index contributed by atoms with van der Waals surface area (Å²) in [5.41, 5.74) is -0.200. The van der Waals surface area contributed by atoms with Crippen LogP contribution >= 0.6 is 11.6 Å². The standard InChI is InChI=1S/C12H8ClN3O3/c13-8-4-9(12(17)10(5-8)16(18)19)11(14)7-2-1-3-15-6-7/h1-6,14,17H. The Balaban J connectivity index is 2.57. The Hall–Kier alpha value is -2.47. The van der Waals surface area contributed by atoms with Crippen molar-refractivity contribution in [2.75, 3.05) is 0 Å². The molecule has 0 aliphatic carbocycles. The van der Waals surface area contributed by atoms with Gasteiger partial charge in [0.05, 0.1) is 16.2 Å². The van der Waals surface area contributed by atoms with Crippen LogP contribution in [0.3, 0.4) is 0 Å². The van der Waals surface area contributed by atoms with Gasteiger partial charge >= 0.3 is 5.69 Å². The number of aromatic hydroxyl groups is 1. The van der Waals surface area contributed by atoms with Crippen LogP contribution in [0.15, 0.2) is 36.7 Å². The molecule has 0 aliphatic heterocycles. The number of phenolic OH excluding ortho intramolecular Hbond substituents is 1. The minimum absolute atomic E-state index is 0.00722. The molecule has 96 valence electrons. The van der Waals surface area contributed by atoms with E-state index in [9.17, 15) is 15.2 Å². The molecule has 2 N–H and O–H groups in total. The lowest BCUT2D eigenvalue weighted by Gasteiger charge is -2.07. The monoisotopic (exact) mass is 277 g/mol. The van der Waals surface area contributed by atoms with E-state index < -0.39 is 16.4 Å². The van der Waals surface area contributed by atoms with E-state index in [-0.39, 0.29) is 16.3 Å². The lowest BCUT2D eigenvalue weighted by atomic mass is 10.0. The number of halogens is 1. The number of nitrogens with one attached hydrogen (secondary N) is 1. The smallest absolute Gasteiger partial charge is 0.312 e. The molecule has 0 atom stereocenters. The Morgan fingerprint density at radius 2 is 2.21 bits per heavy atom. The topological polar surface area (TPSA) is 100 Å². The molecule has 7 heteroatoms. The van der Waals surface area contributed by atoms with Gasteiger partial charge in [-0.15, -0.1) is 0 Å². The average Bonchev–Trinajstić information content (AvgIpc) is 2.41. The summed E-state index contributed by atoms with van der Waals surface area (Å²) in [7, 11) is 0. The van der Waals surface area contributed by atoms with Gasteiger partial charge in [0.2, 0.25) is 5.75 Å². The third kappa shape index (κ3) is 2.53. The van der Waals surface area contributed by atoms with E-state index in [1.54, 1.807) is 12.1 Å². The van der Waals surface area contributed by atoms with Crippen molar-refractivity contribution in [3.8, 4) is 5.75 Å². The maximum atomic E-state index is 10.8. The van der Waals surface area contributed by atoms with E-state index in [1.807, 2.05) is 0 Å². The van der Waals surface area contributed by atoms with E-state index in [2.05, 4.69) is 4.98 Å². The molecule has 0 spiro atoms. The molecule has 2 aromatic rings. The Morgan fingerprint density at radius 1 is 1.47 bits per heavy atom. The van der Waals surface area contributed by atoms with Crippen LogP contribution < -0.4 is 0 Å². The van der Waals surface area contributed by atoms with Gasteiger partial charge in [0.1, 0.15) is 0 Å². The highest BCUT2D eigenvalue weighted by Crippen LogP contribution is 2.34. The Morgan fingerprint density at radius 3 is 2.79 bits per heavy atom. The van der Waals surface area contributed by atoms with Crippen LogP contribution in [0.1, 0.15) is 11.1 Å². The second kappa shape index (κ2) is 5.03. The second-order valence-corrected chi connectivity index (χ2v) is 4.13. The van der Waals surface area contributed by atoms with Gasteiger partial charge in [-0.05, 0) is 18.2 Å². The summed E-state index contributed by atoms with van der Waals surface area (Å²) in [6.45, 7) is 0. The zero-order chi connectivity index (χ0) is 14.0. The number of aromatic nitrogens is 1. The van der Waals surface area contributed by atoms with Gasteiger partial charge in [-0.25, -0.2) is 0 Å². The van der Waals surface area contributed by atoms with E-state index in [1.165, 1.54) is 18.5 Å². The van der Waals surface area contributed by atoms with Gasteiger partial charge in [0.25, 0.3) is 0 Å². The summed E-state index contributed by atoms with van der Waals surface area (Å²) in [4.78, 5) is 13.9. The fraction of sp³-hybridized carbons (Fsp3) is 0. The predicted octanol–water partition coefficient (Wildman–Crippen LogP) is 2.76. The van der Waals surface area contributed by atoms with Crippen molar-refractivity contribution < 1.29 is 10.0 Å². The minimum Gasteiger partial charge on any atom is -0.502 e. The van der Waals surface area contributed by atoms with Gasteiger partial charge in [0, 0.05) is 29.0 Å². The SMILES string of the molecule is N=C(c1cccnc1)c1cc(Cl)cc([N+](=O)[O-])c1O. The zero-order valence-corrected chi connectivity index (χ0v) is 10.3. The normalized spacial score (nSPS) is 10.2. The molecular formula is C12H8ClN3O3. The van der Waals surface area contributed by atoms with Crippen LogP contribution in [0.25, 0.3) is 0 Å². The van der Waals surface area contributed by atoms with Crippen molar-refractivity contribution in [2.45, 2.75) is 0 Å². The van der Waals surface area contributed by atoms with Gasteiger partial charge < -0.3 is 5.11 Å². The number of rotatable bonds is 3. The van der Waals surface area contributed by atoms with Crippen LogP contribution in [0.4, 0.5) is 5.69 Å². The largest absolute Gasteiger partial charge is 0.502 e. The highest BCUT2D eigenvalue weighted by atomic mass is 35.5. The molecule has 0 unspecified atom stereocenters. The van der Waals surface area contributed by atoms with Crippen LogP contribution in [0, 0.1) is 15.5 Å². The van der Waals surface area contributed by atoms with Gasteiger partial charge in [-0.2, -0.15) is 0 Å². The number of nitrogens with zero attached hydrogens (tertiary/aromatic N) is 2. The molecule has 19 heavy (non-hydrogen) atoms. The number of hydrogen-bond donors (Lipinski definition) is 2. The van der Waals surface area contributed by atoms with Crippen molar-refractivity contribution in [1.29, 1.82) is 5.41 Å². The molecule has 1 aromatic heterocycles. The number of pyridine rings is 1. The third-order valence-electron chi connectivity index (χ3n) is 2.47. The summed E-state index contributed by atoms with van der Waals surface area (Å²) in [5, 5.41) is 28.7. The third-order valence-corrected chi connectivity index (χ3v) is 2.69. The maximum Gasteiger partial charge on any atom is 0.312 e. The Bertz CT molecular complexity index is 659. The molecule has 0 radical (unpaired) electrons. The number of benzene rings is 1. The average molecular weight is 278 g/mol. The first-order chi connectivity index (χ1) is 9.00. The second-order valence-electron chi connectivity index (χ2n) is 3.69. The van der Waals surface area contributed by atoms with Crippen LogP contribution in [-0.4, -0.2) is 20.7 Å². The molecule has 6 nitrogen and oxygen atoms in total. The van der Waals surface area contributed by atoms with Gasteiger partial charge in [0.15, 0.2) is 0 Å². The molecular weight excluding hydrogens is 270 g/mol. The van der Waals surface area contributed by atoms with Crippen molar-refractivity contribution >= 4 is 23.0 Å². The molecule has 2 rings (SSSR count). The summed E-state index contributed by atoms with van der Waals surface area (Å²) in [6.07, 6.45) is 2.96. The zero-order valence-electron chi connectivity index (χ0n) is 9.50. The Kier molecular flexibility index (Phi) is 3.43. The molecule has 0 amide bonds.